The SMILES string of the molecule is CCN(CC(=O)Nc1c(F)cccc1F)CC(=O)N(Cc1ccc(F)cc1)C1CCCCC1. The minimum Gasteiger partial charge on any atom is -0.334 e. The number of hydrogen-bond acceptors (Lipinski definition) is 3. The molecule has 1 saturated carbocycles. The molecular weight excluding hydrogens is 431 g/mol. The van der Waals surface area contributed by atoms with E-state index in [-0.39, 0.29) is 30.9 Å². The quantitative estimate of drug-likeness (QED) is 0.588. The van der Waals surface area contributed by atoms with Crippen LogP contribution in [-0.4, -0.2) is 47.3 Å². The Morgan fingerprint density at radius 2 is 1.58 bits per heavy atom. The van der Waals surface area contributed by atoms with Gasteiger partial charge in [-0.3, -0.25) is 14.5 Å². The van der Waals surface area contributed by atoms with E-state index in [1.807, 2.05) is 11.8 Å². The molecule has 0 heterocycles. The van der Waals surface area contributed by atoms with Crippen molar-refractivity contribution in [1.29, 1.82) is 0 Å². The number of para-hydroxylation sites is 1. The van der Waals surface area contributed by atoms with Crippen molar-refractivity contribution >= 4 is 17.5 Å². The number of hydrogen-bond donors (Lipinski definition) is 1. The fourth-order valence-electron chi connectivity index (χ4n) is 4.16. The smallest absolute Gasteiger partial charge is 0.238 e. The molecule has 1 aliphatic carbocycles. The number of benzene rings is 2. The van der Waals surface area contributed by atoms with E-state index in [1.54, 1.807) is 17.0 Å². The molecular formula is C25H30F3N3O2. The second-order valence-electron chi connectivity index (χ2n) is 8.39. The van der Waals surface area contributed by atoms with Crippen molar-refractivity contribution in [3.05, 3.63) is 65.5 Å². The van der Waals surface area contributed by atoms with Gasteiger partial charge in [-0.25, -0.2) is 13.2 Å². The monoisotopic (exact) mass is 461 g/mol. The maximum atomic E-state index is 13.8. The molecule has 2 amide bonds. The summed E-state index contributed by atoms with van der Waals surface area (Å²) < 4.78 is 41.0. The van der Waals surface area contributed by atoms with Crippen LogP contribution in [0, 0.1) is 17.5 Å². The number of carbonyl (C=O) groups is 2. The molecule has 0 aliphatic heterocycles. The number of nitrogens with one attached hydrogen (secondary N) is 1. The van der Waals surface area contributed by atoms with Crippen molar-refractivity contribution < 1.29 is 22.8 Å². The summed E-state index contributed by atoms with van der Waals surface area (Å²) in [4.78, 5) is 29.2. The lowest BCUT2D eigenvalue weighted by atomic mass is 9.93. The van der Waals surface area contributed by atoms with E-state index < -0.39 is 23.2 Å². The number of nitrogens with zero attached hydrogens (tertiary/aromatic N) is 2. The average Bonchev–Trinajstić information content (AvgIpc) is 2.81. The molecule has 3 rings (SSSR count). The lowest BCUT2D eigenvalue weighted by Crippen LogP contribution is -2.47. The Bertz CT molecular complexity index is 926. The fourth-order valence-corrected chi connectivity index (χ4v) is 4.16. The molecule has 0 atom stereocenters. The van der Waals surface area contributed by atoms with Crippen LogP contribution in [0.5, 0.6) is 0 Å². The molecule has 0 spiro atoms. The number of likely N-dealkylation sites (N-methyl/N-ethyl adjacent to an activating group) is 1. The molecule has 178 valence electrons. The van der Waals surface area contributed by atoms with Crippen LogP contribution in [0.25, 0.3) is 0 Å². The molecule has 5 nitrogen and oxygen atoms in total. The molecule has 0 aromatic heterocycles. The zero-order valence-corrected chi connectivity index (χ0v) is 18.8. The van der Waals surface area contributed by atoms with Crippen molar-refractivity contribution in [2.75, 3.05) is 25.0 Å². The summed E-state index contributed by atoms with van der Waals surface area (Å²) in [5.74, 6) is -2.77. The third-order valence-corrected chi connectivity index (χ3v) is 6.00. The van der Waals surface area contributed by atoms with Gasteiger partial charge in [-0.1, -0.05) is 44.4 Å². The Morgan fingerprint density at radius 1 is 0.939 bits per heavy atom. The van der Waals surface area contributed by atoms with E-state index in [4.69, 9.17) is 0 Å². The van der Waals surface area contributed by atoms with Gasteiger partial charge in [0, 0.05) is 12.6 Å². The predicted molar refractivity (Wildman–Crippen MR) is 121 cm³/mol. The Balaban J connectivity index is 1.66. The van der Waals surface area contributed by atoms with Crippen LogP contribution in [0.3, 0.4) is 0 Å². The summed E-state index contributed by atoms with van der Waals surface area (Å²) in [6.45, 7) is 2.42. The normalized spacial score (nSPS) is 14.3. The molecule has 0 unspecified atom stereocenters. The van der Waals surface area contributed by atoms with Crippen molar-refractivity contribution in [1.82, 2.24) is 9.80 Å². The molecule has 0 saturated heterocycles. The van der Waals surface area contributed by atoms with Gasteiger partial charge in [0.25, 0.3) is 0 Å². The summed E-state index contributed by atoms with van der Waals surface area (Å²) in [5, 5.41) is 2.26. The average molecular weight is 462 g/mol. The molecule has 1 aliphatic rings. The first-order valence-electron chi connectivity index (χ1n) is 11.4. The number of amides is 2. The second kappa shape index (κ2) is 11.8. The molecule has 0 bridgehead atoms. The summed E-state index contributed by atoms with van der Waals surface area (Å²) in [6.07, 6.45) is 5.05. The first kappa shape index (κ1) is 24.8. The van der Waals surface area contributed by atoms with Crippen molar-refractivity contribution in [3.63, 3.8) is 0 Å². The topological polar surface area (TPSA) is 52.7 Å². The highest BCUT2D eigenvalue weighted by Gasteiger charge is 2.27. The number of rotatable bonds is 9. The third-order valence-electron chi connectivity index (χ3n) is 6.00. The van der Waals surface area contributed by atoms with Crippen molar-refractivity contribution in [2.45, 2.75) is 51.6 Å². The summed E-state index contributed by atoms with van der Waals surface area (Å²) in [5.41, 5.74) is 0.344. The molecule has 0 radical (unpaired) electrons. The van der Waals surface area contributed by atoms with Gasteiger partial charge in [0.1, 0.15) is 23.1 Å². The van der Waals surface area contributed by atoms with Gasteiger partial charge in [0.15, 0.2) is 0 Å². The Hall–Kier alpha value is -2.87. The first-order chi connectivity index (χ1) is 15.9. The standard InChI is InChI=1S/C25H30F3N3O2/c1-2-30(16-23(32)29-25-21(27)9-6-10-22(25)28)17-24(33)31(20-7-4-3-5-8-20)15-18-11-13-19(26)14-12-18/h6,9-14,20H,2-5,7-8,15-17H2,1H3,(H,29,32). The minimum atomic E-state index is -0.856. The van der Waals surface area contributed by atoms with Crippen LogP contribution < -0.4 is 5.32 Å². The highest BCUT2D eigenvalue weighted by Crippen LogP contribution is 2.25. The van der Waals surface area contributed by atoms with E-state index in [0.29, 0.717) is 13.1 Å². The molecule has 8 heteroatoms. The van der Waals surface area contributed by atoms with Crippen LogP contribution in [-0.2, 0) is 16.1 Å². The van der Waals surface area contributed by atoms with Gasteiger partial charge >= 0.3 is 0 Å². The van der Waals surface area contributed by atoms with Gasteiger partial charge in [-0.15, -0.1) is 0 Å². The predicted octanol–water partition coefficient (Wildman–Crippen LogP) is 4.73. The molecule has 2 aromatic carbocycles. The minimum absolute atomic E-state index is 0.00136. The van der Waals surface area contributed by atoms with E-state index in [1.165, 1.54) is 18.2 Å². The van der Waals surface area contributed by atoms with Gasteiger partial charge in [0.05, 0.1) is 13.1 Å². The molecule has 33 heavy (non-hydrogen) atoms. The third kappa shape index (κ3) is 7.05. The van der Waals surface area contributed by atoms with E-state index in [0.717, 1.165) is 49.8 Å². The first-order valence-corrected chi connectivity index (χ1v) is 11.4. The van der Waals surface area contributed by atoms with E-state index in [9.17, 15) is 22.8 Å². The maximum Gasteiger partial charge on any atom is 0.238 e. The highest BCUT2D eigenvalue weighted by atomic mass is 19.1. The lowest BCUT2D eigenvalue weighted by molar-refractivity contribution is -0.136. The Morgan fingerprint density at radius 3 is 2.18 bits per heavy atom. The van der Waals surface area contributed by atoms with Crippen LogP contribution in [0.4, 0.5) is 18.9 Å². The summed E-state index contributed by atoms with van der Waals surface area (Å²) in [7, 11) is 0. The van der Waals surface area contributed by atoms with Gasteiger partial charge in [0.2, 0.25) is 11.8 Å². The van der Waals surface area contributed by atoms with Gasteiger partial charge in [-0.2, -0.15) is 0 Å². The van der Waals surface area contributed by atoms with Gasteiger partial charge < -0.3 is 10.2 Å². The number of carbonyl (C=O) groups excluding carboxylic acids is 2. The van der Waals surface area contributed by atoms with Crippen LogP contribution in [0.15, 0.2) is 42.5 Å². The fraction of sp³-hybridized carbons (Fsp3) is 0.440. The van der Waals surface area contributed by atoms with Crippen molar-refractivity contribution in [2.24, 2.45) is 0 Å². The van der Waals surface area contributed by atoms with Crippen LogP contribution in [0.1, 0.15) is 44.6 Å². The molecule has 1 N–H and O–H groups in total. The van der Waals surface area contributed by atoms with E-state index in [2.05, 4.69) is 5.32 Å². The zero-order chi connectivity index (χ0) is 23.8. The van der Waals surface area contributed by atoms with E-state index >= 15 is 0 Å². The molecule has 1 fully saturated rings. The summed E-state index contributed by atoms with van der Waals surface area (Å²) in [6, 6.07) is 9.55. The largest absolute Gasteiger partial charge is 0.334 e. The summed E-state index contributed by atoms with van der Waals surface area (Å²) >= 11 is 0. The zero-order valence-electron chi connectivity index (χ0n) is 18.8. The van der Waals surface area contributed by atoms with Crippen LogP contribution in [0.2, 0.25) is 0 Å². The van der Waals surface area contributed by atoms with Gasteiger partial charge in [-0.05, 0) is 49.2 Å². The highest BCUT2D eigenvalue weighted by molar-refractivity contribution is 5.92. The molecule has 2 aromatic rings. The van der Waals surface area contributed by atoms with Crippen molar-refractivity contribution in [3.8, 4) is 0 Å². The Labute approximate surface area is 192 Å². The second-order valence-corrected chi connectivity index (χ2v) is 8.39. The number of anilines is 1. The Kier molecular flexibility index (Phi) is 8.88. The lowest BCUT2D eigenvalue weighted by Gasteiger charge is -2.36. The van der Waals surface area contributed by atoms with Crippen LogP contribution >= 0.6 is 0 Å². The maximum absolute atomic E-state index is 13.8. The number of halogens is 3.